The standard InChI is InChI=1S/C6H10N2O2/c1-3-8(5(2)9)4-6(7)10/h3H,1,4H2,2H3,(H2,7,10). The van der Waals surface area contributed by atoms with E-state index in [-0.39, 0.29) is 12.5 Å². The van der Waals surface area contributed by atoms with Gasteiger partial charge >= 0.3 is 0 Å². The number of hydrogen-bond donors (Lipinski definition) is 1. The van der Waals surface area contributed by atoms with E-state index in [4.69, 9.17) is 5.73 Å². The van der Waals surface area contributed by atoms with Gasteiger partial charge in [0.15, 0.2) is 0 Å². The van der Waals surface area contributed by atoms with Crippen LogP contribution in [0, 0.1) is 0 Å². The molecule has 0 aliphatic carbocycles. The molecule has 0 saturated heterocycles. The molecule has 0 atom stereocenters. The van der Waals surface area contributed by atoms with Gasteiger partial charge in [0.25, 0.3) is 0 Å². The van der Waals surface area contributed by atoms with Crippen molar-refractivity contribution in [3.8, 4) is 0 Å². The monoisotopic (exact) mass is 142 g/mol. The van der Waals surface area contributed by atoms with E-state index in [0.29, 0.717) is 0 Å². The van der Waals surface area contributed by atoms with Crippen molar-refractivity contribution in [3.63, 3.8) is 0 Å². The van der Waals surface area contributed by atoms with Gasteiger partial charge in [0.2, 0.25) is 11.8 Å². The third kappa shape index (κ3) is 2.86. The molecule has 0 saturated carbocycles. The minimum atomic E-state index is -0.546. The van der Waals surface area contributed by atoms with Crippen LogP contribution in [-0.4, -0.2) is 23.3 Å². The van der Waals surface area contributed by atoms with E-state index in [2.05, 4.69) is 6.58 Å². The first-order chi connectivity index (χ1) is 4.57. The van der Waals surface area contributed by atoms with E-state index in [1.807, 2.05) is 0 Å². The maximum absolute atomic E-state index is 10.6. The van der Waals surface area contributed by atoms with Crippen LogP contribution in [0.15, 0.2) is 12.8 Å². The Morgan fingerprint density at radius 2 is 2.20 bits per heavy atom. The summed E-state index contributed by atoms with van der Waals surface area (Å²) < 4.78 is 0. The molecule has 0 aliphatic heterocycles. The molecule has 0 bridgehead atoms. The highest BCUT2D eigenvalue weighted by Gasteiger charge is 2.05. The Morgan fingerprint density at radius 1 is 1.70 bits per heavy atom. The normalized spacial score (nSPS) is 8.50. The van der Waals surface area contributed by atoms with Crippen LogP contribution in [0.25, 0.3) is 0 Å². The van der Waals surface area contributed by atoms with Crippen LogP contribution in [0.4, 0.5) is 0 Å². The molecule has 2 amide bonds. The molecule has 4 heteroatoms. The first-order valence-corrected chi connectivity index (χ1v) is 2.76. The van der Waals surface area contributed by atoms with E-state index in [1.165, 1.54) is 13.1 Å². The van der Waals surface area contributed by atoms with Crippen LogP contribution in [0.1, 0.15) is 6.92 Å². The number of rotatable bonds is 3. The van der Waals surface area contributed by atoms with Crippen molar-refractivity contribution in [2.45, 2.75) is 6.92 Å². The molecule has 0 unspecified atom stereocenters. The summed E-state index contributed by atoms with van der Waals surface area (Å²) in [5, 5.41) is 0. The molecule has 4 nitrogen and oxygen atoms in total. The van der Waals surface area contributed by atoms with Crippen molar-refractivity contribution in [2.24, 2.45) is 5.73 Å². The smallest absolute Gasteiger partial charge is 0.237 e. The Balaban J connectivity index is 3.96. The highest BCUT2D eigenvalue weighted by atomic mass is 16.2. The predicted octanol–water partition coefficient (Wildman–Crippen LogP) is -0.536. The molecule has 0 aromatic carbocycles. The third-order valence-corrected chi connectivity index (χ3v) is 0.951. The zero-order chi connectivity index (χ0) is 8.15. The van der Waals surface area contributed by atoms with Crippen molar-refractivity contribution in [3.05, 3.63) is 12.8 Å². The highest BCUT2D eigenvalue weighted by molar-refractivity contribution is 5.83. The second-order valence-corrected chi connectivity index (χ2v) is 1.80. The van der Waals surface area contributed by atoms with Gasteiger partial charge in [-0.2, -0.15) is 0 Å². The zero-order valence-corrected chi connectivity index (χ0v) is 5.83. The van der Waals surface area contributed by atoms with Gasteiger partial charge in [0.05, 0.1) is 0 Å². The summed E-state index contributed by atoms with van der Waals surface area (Å²) in [6, 6.07) is 0. The summed E-state index contributed by atoms with van der Waals surface area (Å²) in [6.45, 7) is 4.57. The number of hydrogen-bond acceptors (Lipinski definition) is 2. The Bertz CT molecular complexity index is 165. The van der Waals surface area contributed by atoms with Gasteiger partial charge in [-0.15, -0.1) is 0 Å². The average molecular weight is 142 g/mol. The molecule has 10 heavy (non-hydrogen) atoms. The van der Waals surface area contributed by atoms with E-state index in [0.717, 1.165) is 4.90 Å². The summed E-state index contributed by atoms with van der Waals surface area (Å²) in [7, 11) is 0. The molecule has 0 aromatic rings. The fourth-order valence-corrected chi connectivity index (χ4v) is 0.472. The summed E-state index contributed by atoms with van der Waals surface area (Å²) in [6.07, 6.45) is 1.27. The van der Waals surface area contributed by atoms with Crippen molar-refractivity contribution in [1.29, 1.82) is 0 Å². The molecule has 2 N–H and O–H groups in total. The van der Waals surface area contributed by atoms with E-state index in [1.54, 1.807) is 0 Å². The van der Waals surface area contributed by atoms with Crippen LogP contribution in [-0.2, 0) is 9.59 Å². The average Bonchev–Trinajstić information content (AvgIpc) is 1.81. The van der Waals surface area contributed by atoms with Gasteiger partial charge < -0.3 is 10.6 Å². The minimum Gasteiger partial charge on any atom is -0.368 e. The lowest BCUT2D eigenvalue weighted by Gasteiger charge is -2.11. The van der Waals surface area contributed by atoms with Gasteiger partial charge in [-0.1, -0.05) is 6.58 Å². The highest BCUT2D eigenvalue weighted by Crippen LogP contribution is 1.87. The van der Waals surface area contributed by atoms with Crippen LogP contribution in [0.3, 0.4) is 0 Å². The number of nitrogens with zero attached hydrogens (tertiary/aromatic N) is 1. The second kappa shape index (κ2) is 3.66. The second-order valence-electron chi connectivity index (χ2n) is 1.80. The summed E-state index contributed by atoms with van der Waals surface area (Å²) in [5.41, 5.74) is 4.83. The van der Waals surface area contributed by atoms with Crippen molar-refractivity contribution in [1.82, 2.24) is 4.90 Å². The van der Waals surface area contributed by atoms with E-state index >= 15 is 0 Å². The number of nitrogens with two attached hydrogens (primary N) is 1. The van der Waals surface area contributed by atoms with E-state index in [9.17, 15) is 9.59 Å². The first kappa shape index (κ1) is 8.68. The lowest BCUT2D eigenvalue weighted by atomic mass is 10.5. The van der Waals surface area contributed by atoms with E-state index < -0.39 is 5.91 Å². The van der Waals surface area contributed by atoms with Crippen LogP contribution in [0.2, 0.25) is 0 Å². The minimum absolute atomic E-state index is 0.0984. The summed E-state index contributed by atoms with van der Waals surface area (Å²) >= 11 is 0. The lowest BCUT2D eigenvalue weighted by Crippen LogP contribution is -2.32. The molecule has 0 rings (SSSR count). The van der Waals surface area contributed by atoms with Crippen molar-refractivity contribution < 1.29 is 9.59 Å². The fourth-order valence-electron chi connectivity index (χ4n) is 0.472. The molecule has 0 fully saturated rings. The summed E-state index contributed by atoms with van der Waals surface area (Å²) in [5.74, 6) is -0.788. The van der Waals surface area contributed by atoms with Crippen molar-refractivity contribution >= 4 is 11.8 Å². The van der Waals surface area contributed by atoms with Crippen LogP contribution >= 0.6 is 0 Å². The molecule has 0 aliphatic rings. The quantitative estimate of drug-likeness (QED) is 0.575. The third-order valence-electron chi connectivity index (χ3n) is 0.951. The van der Waals surface area contributed by atoms with Gasteiger partial charge in [-0.05, 0) is 0 Å². The molecule has 0 spiro atoms. The molecular weight excluding hydrogens is 132 g/mol. The molecule has 56 valence electrons. The van der Waals surface area contributed by atoms with Gasteiger partial charge in [0.1, 0.15) is 6.54 Å². The van der Waals surface area contributed by atoms with Gasteiger partial charge in [-0.25, -0.2) is 0 Å². The number of amides is 2. The van der Waals surface area contributed by atoms with Crippen LogP contribution in [0.5, 0.6) is 0 Å². The molecule has 0 heterocycles. The first-order valence-electron chi connectivity index (χ1n) is 2.76. The Kier molecular flexibility index (Phi) is 3.17. The van der Waals surface area contributed by atoms with Gasteiger partial charge in [-0.3, -0.25) is 9.59 Å². The number of carbonyl (C=O) groups is 2. The van der Waals surface area contributed by atoms with Crippen molar-refractivity contribution in [2.75, 3.05) is 6.54 Å². The summed E-state index contributed by atoms with van der Waals surface area (Å²) in [4.78, 5) is 22.0. The Labute approximate surface area is 59.3 Å². The molecular formula is C6H10N2O2. The largest absolute Gasteiger partial charge is 0.368 e. The maximum atomic E-state index is 10.6. The zero-order valence-electron chi connectivity index (χ0n) is 5.83. The Hall–Kier alpha value is -1.32. The fraction of sp³-hybridized carbons (Fsp3) is 0.333. The SMILES string of the molecule is C=CN(CC(N)=O)C(C)=O. The van der Waals surface area contributed by atoms with Gasteiger partial charge in [0, 0.05) is 13.1 Å². The number of primary amides is 1. The topological polar surface area (TPSA) is 63.4 Å². The predicted molar refractivity (Wildman–Crippen MR) is 36.8 cm³/mol. The molecule has 0 radical (unpaired) electrons. The lowest BCUT2D eigenvalue weighted by molar-refractivity contribution is -0.130. The van der Waals surface area contributed by atoms with Crippen LogP contribution < -0.4 is 5.73 Å². The maximum Gasteiger partial charge on any atom is 0.237 e. The Morgan fingerprint density at radius 3 is 2.30 bits per heavy atom. The molecule has 0 aromatic heterocycles. The number of carbonyl (C=O) groups excluding carboxylic acids is 2.